The zero-order valence-corrected chi connectivity index (χ0v) is 13.5. The van der Waals surface area contributed by atoms with Crippen LogP contribution in [0.25, 0.3) is 0 Å². The highest BCUT2D eigenvalue weighted by atomic mass is 32.2. The van der Waals surface area contributed by atoms with E-state index in [2.05, 4.69) is 9.71 Å². The highest BCUT2D eigenvalue weighted by Crippen LogP contribution is 2.24. The molecule has 0 aliphatic carbocycles. The van der Waals surface area contributed by atoms with Gasteiger partial charge in [0, 0.05) is 26.2 Å². The third-order valence-corrected chi connectivity index (χ3v) is 6.12. The molecular formula is C10H19N5O4S2. The average molecular weight is 337 g/mol. The number of imidazole rings is 1. The molecule has 0 bridgehead atoms. The molecule has 120 valence electrons. The number of aromatic nitrogens is 2. The summed E-state index contributed by atoms with van der Waals surface area (Å²) in [4.78, 5) is 3.78. The van der Waals surface area contributed by atoms with Crippen LogP contribution in [-0.2, 0) is 27.1 Å². The van der Waals surface area contributed by atoms with Crippen molar-refractivity contribution in [3.63, 3.8) is 0 Å². The molecule has 0 spiro atoms. The van der Waals surface area contributed by atoms with E-state index in [0.717, 1.165) is 6.26 Å². The lowest BCUT2D eigenvalue weighted by atomic mass is 10.1. The lowest BCUT2D eigenvalue weighted by molar-refractivity contribution is 0.307. The van der Waals surface area contributed by atoms with Gasteiger partial charge >= 0.3 is 0 Å². The van der Waals surface area contributed by atoms with Crippen LogP contribution >= 0.6 is 0 Å². The average Bonchev–Trinajstić information content (AvgIpc) is 2.68. The van der Waals surface area contributed by atoms with Crippen molar-refractivity contribution in [1.82, 2.24) is 18.6 Å². The lowest BCUT2D eigenvalue weighted by Gasteiger charge is -2.31. The third-order valence-electron chi connectivity index (χ3n) is 3.33. The first kappa shape index (κ1) is 16.2. The smallest absolute Gasteiger partial charge is 0.262 e. The van der Waals surface area contributed by atoms with Gasteiger partial charge in [-0.05, 0) is 12.8 Å². The number of nitrogens with zero attached hydrogens (tertiary/aromatic N) is 3. The van der Waals surface area contributed by atoms with E-state index in [-0.39, 0.29) is 30.0 Å². The van der Waals surface area contributed by atoms with Crippen LogP contribution in [0.15, 0.2) is 11.4 Å². The molecular weight excluding hydrogens is 318 g/mol. The van der Waals surface area contributed by atoms with Crippen LogP contribution in [-0.4, -0.2) is 56.1 Å². The Morgan fingerprint density at radius 1 is 1.29 bits per heavy atom. The van der Waals surface area contributed by atoms with Gasteiger partial charge < -0.3 is 10.3 Å². The molecule has 1 aliphatic rings. The summed E-state index contributed by atoms with van der Waals surface area (Å²) in [5.74, 6) is -0.0334. The normalized spacial score (nSPS) is 19.0. The van der Waals surface area contributed by atoms with Gasteiger partial charge in [-0.25, -0.2) is 26.5 Å². The number of anilines is 1. The zero-order valence-electron chi connectivity index (χ0n) is 11.9. The van der Waals surface area contributed by atoms with Crippen LogP contribution in [0.3, 0.4) is 0 Å². The molecule has 0 unspecified atom stereocenters. The van der Waals surface area contributed by atoms with Gasteiger partial charge in [0.2, 0.25) is 10.0 Å². The van der Waals surface area contributed by atoms with Gasteiger partial charge in [0.1, 0.15) is 0 Å². The molecule has 0 atom stereocenters. The minimum Gasteiger partial charge on any atom is -0.381 e. The molecule has 0 aromatic carbocycles. The second-order valence-electron chi connectivity index (χ2n) is 5.11. The molecule has 2 rings (SSSR count). The fourth-order valence-electron chi connectivity index (χ4n) is 2.39. The van der Waals surface area contributed by atoms with Crippen LogP contribution in [0.4, 0.5) is 5.82 Å². The molecule has 1 aromatic heterocycles. The van der Waals surface area contributed by atoms with Gasteiger partial charge in [0.25, 0.3) is 10.0 Å². The Morgan fingerprint density at radius 3 is 2.29 bits per heavy atom. The molecule has 1 saturated heterocycles. The summed E-state index contributed by atoms with van der Waals surface area (Å²) < 4.78 is 52.6. The van der Waals surface area contributed by atoms with Crippen LogP contribution in [0.2, 0.25) is 0 Å². The molecule has 0 radical (unpaired) electrons. The molecule has 2 heterocycles. The van der Waals surface area contributed by atoms with Crippen LogP contribution in [0.1, 0.15) is 12.8 Å². The third kappa shape index (κ3) is 3.54. The van der Waals surface area contributed by atoms with Crippen molar-refractivity contribution in [3.05, 3.63) is 6.33 Å². The van der Waals surface area contributed by atoms with E-state index in [1.165, 1.54) is 15.2 Å². The summed E-state index contributed by atoms with van der Waals surface area (Å²) >= 11 is 0. The molecule has 21 heavy (non-hydrogen) atoms. The van der Waals surface area contributed by atoms with Crippen molar-refractivity contribution in [1.29, 1.82) is 0 Å². The van der Waals surface area contributed by atoms with Crippen molar-refractivity contribution >= 4 is 25.9 Å². The second kappa shape index (κ2) is 5.55. The predicted octanol–water partition coefficient (Wildman–Crippen LogP) is -1.30. The molecule has 1 aromatic rings. The van der Waals surface area contributed by atoms with Gasteiger partial charge in [-0.1, -0.05) is 0 Å². The van der Waals surface area contributed by atoms with E-state index in [1.54, 1.807) is 7.05 Å². The topological polar surface area (TPSA) is 127 Å². The van der Waals surface area contributed by atoms with Crippen LogP contribution in [0.5, 0.6) is 0 Å². The van der Waals surface area contributed by atoms with Crippen LogP contribution < -0.4 is 10.5 Å². The Hall–Kier alpha value is -1.17. The summed E-state index contributed by atoms with van der Waals surface area (Å²) in [6.07, 6.45) is 3.28. The zero-order chi connectivity index (χ0) is 15.8. The number of rotatable bonds is 4. The summed E-state index contributed by atoms with van der Waals surface area (Å²) in [5, 5.41) is -0.0305. The van der Waals surface area contributed by atoms with Crippen molar-refractivity contribution < 1.29 is 16.8 Å². The van der Waals surface area contributed by atoms with E-state index >= 15 is 0 Å². The molecule has 0 amide bonds. The maximum absolute atomic E-state index is 12.5. The molecule has 11 heteroatoms. The van der Waals surface area contributed by atoms with Gasteiger partial charge in [0.05, 0.1) is 12.6 Å². The molecule has 1 fully saturated rings. The second-order valence-corrected chi connectivity index (χ2v) is 8.75. The Morgan fingerprint density at radius 2 is 1.86 bits per heavy atom. The maximum atomic E-state index is 12.5. The summed E-state index contributed by atoms with van der Waals surface area (Å²) in [7, 11) is -5.44. The minimum atomic E-state index is -3.72. The Labute approximate surface area is 124 Å². The van der Waals surface area contributed by atoms with Gasteiger partial charge in [-0.2, -0.15) is 4.31 Å². The first-order valence-corrected chi connectivity index (χ1v) is 9.68. The molecule has 1 aliphatic heterocycles. The van der Waals surface area contributed by atoms with Crippen molar-refractivity contribution in [2.75, 3.05) is 25.1 Å². The van der Waals surface area contributed by atoms with Crippen molar-refractivity contribution in [2.24, 2.45) is 7.05 Å². The highest BCUT2D eigenvalue weighted by molar-refractivity contribution is 7.89. The maximum Gasteiger partial charge on any atom is 0.262 e. The van der Waals surface area contributed by atoms with Gasteiger partial charge in [0.15, 0.2) is 10.8 Å². The Balaban J connectivity index is 2.12. The largest absolute Gasteiger partial charge is 0.381 e. The highest BCUT2D eigenvalue weighted by Gasteiger charge is 2.33. The fourth-order valence-corrected chi connectivity index (χ4v) is 4.90. The first-order chi connectivity index (χ1) is 9.61. The molecule has 0 saturated carbocycles. The van der Waals surface area contributed by atoms with E-state index in [9.17, 15) is 16.8 Å². The van der Waals surface area contributed by atoms with E-state index < -0.39 is 20.0 Å². The monoisotopic (exact) mass is 337 g/mol. The number of nitrogen functional groups attached to an aromatic ring is 1. The number of hydrogen-bond acceptors (Lipinski definition) is 6. The number of nitrogens with two attached hydrogens (primary N) is 1. The van der Waals surface area contributed by atoms with Crippen molar-refractivity contribution in [2.45, 2.75) is 23.9 Å². The van der Waals surface area contributed by atoms with Crippen molar-refractivity contribution in [3.8, 4) is 0 Å². The SMILES string of the molecule is Cn1cnc(N)c1S(=O)(=O)N1CCC(NS(C)(=O)=O)CC1. The number of hydrogen-bond donors (Lipinski definition) is 2. The van der Waals surface area contributed by atoms with Gasteiger partial charge in [-0.3, -0.25) is 0 Å². The first-order valence-electron chi connectivity index (χ1n) is 6.35. The standard InChI is InChI=1S/C10H19N5O4S2/c1-14-7-12-9(11)10(14)21(18,19)15-5-3-8(4-6-15)13-20(2,16)17/h7-8,13H,3-6,11H2,1-2H3. The number of piperidine rings is 1. The van der Waals surface area contributed by atoms with E-state index in [0.29, 0.717) is 12.8 Å². The van der Waals surface area contributed by atoms with Crippen LogP contribution in [0, 0.1) is 0 Å². The van der Waals surface area contributed by atoms with Gasteiger partial charge in [-0.15, -0.1) is 0 Å². The quantitative estimate of drug-likeness (QED) is 0.703. The van der Waals surface area contributed by atoms with E-state index in [4.69, 9.17) is 5.73 Å². The number of aryl methyl sites for hydroxylation is 1. The Bertz CT molecular complexity index is 697. The lowest BCUT2D eigenvalue weighted by Crippen LogP contribution is -2.46. The summed E-state index contributed by atoms with van der Waals surface area (Å²) in [6, 6.07) is -0.240. The predicted molar refractivity (Wildman–Crippen MR) is 77.4 cm³/mol. The minimum absolute atomic E-state index is 0.0305. The fraction of sp³-hybridized carbons (Fsp3) is 0.700. The number of sulfonamides is 2. The summed E-state index contributed by atoms with van der Waals surface area (Å²) in [5.41, 5.74) is 5.62. The summed E-state index contributed by atoms with van der Waals surface area (Å²) in [6.45, 7) is 0.473. The van der Waals surface area contributed by atoms with E-state index in [1.807, 2.05) is 0 Å². The number of nitrogens with one attached hydrogen (secondary N) is 1. The Kier molecular flexibility index (Phi) is 4.29. The molecule has 3 N–H and O–H groups in total. The molecule has 9 nitrogen and oxygen atoms in total.